The maximum atomic E-state index is 13.2. The van der Waals surface area contributed by atoms with Gasteiger partial charge in [-0.1, -0.05) is 13.8 Å². The van der Waals surface area contributed by atoms with E-state index in [9.17, 15) is 13.2 Å². The minimum atomic E-state index is -3.81. The fourth-order valence-corrected chi connectivity index (χ4v) is 4.77. The van der Waals surface area contributed by atoms with Crippen LogP contribution >= 0.6 is 0 Å². The minimum Gasteiger partial charge on any atom is -0.494 e. The molecule has 0 saturated carbocycles. The van der Waals surface area contributed by atoms with E-state index in [-0.39, 0.29) is 17.4 Å². The molecule has 1 aliphatic heterocycles. The van der Waals surface area contributed by atoms with E-state index < -0.39 is 15.4 Å². The number of aryl methyl sites for hydroxylation is 1. The lowest BCUT2D eigenvalue weighted by Gasteiger charge is -2.28. The molecule has 0 aliphatic carbocycles. The number of carbonyl (C=O) groups is 1. The van der Waals surface area contributed by atoms with Gasteiger partial charge in [-0.2, -0.15) is 0 Å². The van der Waals surface area contributed by atoms with Crippen LogP contribution in [0.1, 0.15) is 46.6 Å². The number of anilines is 2. The van der Waals surface area contributed by atoms with E-state index in [1.165, 1.54) is 6.07 Å². The number of fused-ring (bicyclic) bond motifs is 1. The van der Waals surface area contributed by atoms with Crippen LogP contribution in [0.25, 0.3) is 0 Å². The van der Waals surface area contributed by atoms with Gasteiger partial charge in [-0.3, -0.25) is 9.52 Å². The van der Waals surface area contributed by atoms with Gasteiger partial charge in [0.05, 0.1) is 28.3 Å². The summed E-state index contributed by atoms with van der Waals surface area (Å²) in [5.41, 5.74) is 1.09. The largest absolute Gasteiger partial charge is 0.494 e. The first-order valence-electron chi connectivity index (χ1n) is 11.3. The maximum absolute atomic E-state index is 13.2. The van der Waals surface area contributed by atoms with Crippen molar-refractivity contribution in [3.63, 3.8) is 0 Å². The second-order valence-corrected chi connectivity index (χ2v) is 11.1. The summed E-state index contributed by atoms with van der Waals surface area (Å²) < 4.78 is 40.1. The van der Waals surface area contributed by atoms with Crippen LogP contribution in [0.3, 0.4) is 0 Å². The number of sulfonamides is 1. The summed E-state index contributed by atoms with van der Waals surface area (Å²) in [5.74, 6) is 1.58. The van der Waals surface area contributed by atoms with Crippen LogP contribution in [0.4, 0.5) is 11.4 Å². The van der Waals surface area contributed by atoms with E-state index in [4.69, 9.17) is 9.47 Å². The average molecular weight is 475 g/mol. The molecule has 0 bridgehead atoms. The molecule has 2 aromatic rings. The van der Waals surface area contributed by atoms with E-state index in [0.717, 1.165) is 12.0 Å². The van der Waals surface area contributed by atoms with Gasteiger partial charge in [-0.25, -0.2) is 8.42 Å². The summed E-state index contributed by atoms with van der Waals surface area (Å²) in [7, 11) is -3.81. The number of rotatable bonds is 8. The zero-order valence-electron chi connectivity index (χ0n) is 20.3. The number of hydrogen-bond donors (Lipinski definition) is 1. The monoisotopic (exact) mass is 474 g/mol. The molecule has 1 heterocycles. The van der Waals surface area contributed by atoms with Crippen molar-refractivity contribution < 1.29 is 22.7 Å². The molecule has 1 aliphatic rings. The van der Waals surface area contributed by atoms with Gasteiger partial charge in [0.2, 0.25) is 5.91 Å². The number of nitrogens with zero attached hydrogens (tertiary/aromatic N) is 1. The van der Waals surface area contributed by atoms with E-state index in [0.29, 0.717) is 41.9 Å². The summed E-state index contributed by atoms with van der Waals surface area (Å²) in [6, 6.07) is 9.82. The highest BCUT2D eigenvalue weighted by Gasteiger charge is 2.37. The quantitative estimate of drug-likeness (QED) is 0.582. The Morgan fingerprint density at radius 2 is 1.91 bits per heavy atom. The number of carbonyl (C=O) groups excluding carboxylic acids is 1. The van der Waals surface area contributed by atoms with Crippen LogP contribution in [0, 0.1) is 18.3 Å². The molecule has 2 aromatic carbocycles. The Morgan fingerprint density at radius 1 is 1.18 bits per heavy atom. The molecular formula is C25H34N2O5S. The lowest BCUT2D eigenvalue weighted by atomic mass is 9.92. The number of ether oxygens (including phenoxy) is 2. The summed E-state index contributed by atoms with van der Waals surface area (Å²) in [6.45, 7) is 12.9. The fourth-order valence-electron chi connectivity index (χ4n) is 3.64. The molecule has 8 heteroatoms. The standard InChI is InChI=1S/C25H34N2O5S/c1-7-31-22-11-9-20(14-18(22)4)33(29,30)26-19-8-10-21-23(15-19)32-16-25(5,6)24(28)27(21)13-12-17(2)3/h8-11,14-15,17,26H,7,12-13,16H2,1-6H3. The summed E-state index contributed by atoms with van der Waals surface area (Å²) in [4.78, 5) is 15.1. The van der Waals surface area contributed by atoms with Gasteiger partial charge in [-0.15, -0.1) is 0 Å². The SMILES string of the molecule is CCOc1ccc(S(=O)(=O)Nc2ccc3c(c2)OCC(C)(C)C(=O)N3CCC(C)C)cc1C. The number of benzene rings is 2. The van der Waals surface area contributed by atoms with Crippen molar-refractivity contribution >= 4 is 27.3 Å². The fraction of sp³-hybridized carbons (Fsp3) is 0.480. The van der Waals surface area contributed by atoms with Gasteiger partial charge in [0.15, 0.2) is 0 Å². The molecule has 0 saturated heterocycles. The van der Waals surface area contributed by atoms with E-state index >= 15 is 0 Å². The molecule has 0 radical (unpaired) electrons. The highest BCUT2D eigenvalue weighted by Crippen LogP contribution is 2.39. The van der Waals surface area contributed by atoms with Gasteiger partial charge in [0, 0.05) is 12.6 Å². The summed E-state index contributed by atoms with van der Waals surface area (Å²) >= 11 is 0. The molecule has 7 nitrogen and oxygen atoms in total. The molecule has 0 fully saturated rings. The van der Waals surface area contributed by atoms with Gasteiger partial charge < -0.3 is 14.4 Å². The second kappa shape index (κ2) is 9.63. The number of nitrogens with one attached hydrogen (secondary N) is 1. The van der Waals surface area contributed by atoms with E-state index in [1.54, 1.807) is 35.2 Å². The predicted molar refractivity (Wildman–Crippen MR) is 131 cm³/mol. The van der Waals surface area contributed by atoms with Gasteiger partial charge >= 0.3 is 0 Å². The Labute approximate surface area is 197 Å². The van der Waals surface area contributed by atoms with Gasteiger partial charge in [0.1, 0.15) is 18.1 Å². The zero-order chi connectivity index (χ0) is 24.4. The van der Waals surface area contributed by atoms with Gasteiger partial charge in [-0.05, 0) is 75.9 Å². The van der Waals surface area contributed by atoms with Crippen LogP contribution < -0.4 is 19.1 Å². The molecule has 0 unspecified atom stereocenters. The molecule has 33 heavy (non-hydrogen) atoms. The second-order valence-electron chi connectivity index (χ2n) is 9.46. The Balaban J connectivity index is 1.91. The first-order chi connectivity index (χ1) is 15.4. The minimum absolute atomic E-state index is 0.0000869. The molecule has 3 rings (SSSR count). The van der Waals surface area contributed by atoms with Crippen molar-refractivity contribution in [2.75, 3.05) is 29.4 Å². The number of amides is 1. The van der Waals surface area contributed by atoms with E-state index in [1.807, 2.05) is 27.7 Å². The van der Waals surface area contributed by atoms with E-state index in [2.05, 4.69) is 18.6 Å². The van der Waals surface area contributed by atoms with Crippen molar-refractivity contribution in [1.29, 1.82) is 0 Å². The molecular weight excluding hydrogens is 440 g/mol. The maximum Gasteiger partial charge on any atom is 0.261 e. The van der Waals surface area contributed by atoms with Crippen LogP contribution in [0.15, 0.2) is 41.3 Å². The van der Waals surface area contributed by atoms with Crippen LogP contribution in [0.2, 0.25) is 0 Å². The van der Waals surface area contributed by atoms with Crippen molar-refractivity contribution in [2.24, 2.45) is 11.3 Å². The molecule has 180 valence electrons. The third kappa shape index (κ3) is 5.61. The van der Waals surface area contributed by atoms with Crippen LogP contribution in [0.5, 0.6) is 11.5 Å². The topological polar surface area (TPSA) is 84.9 Å². The lowest BCUT2D eigenvalue weighted by molar-refractivity contribution is -0.127. The average Bonchev–Trinajstić information content (AvgIpc) is 2.82. The summed E-state index contributed by atoms with van der Waals surface area (Å²) in [6.07, 6.45) is 0.854. The van der Waals surface area contributed by atoms with Gasteiger partial charge in [0.25, 0.3) is 10.0 Å². The molecule has 0 spiro atoms. The third-order valence-corrected chi connectivity index (χ3v) is 6.98. The summed E-state index contributed by atoms with van der Waals surface area (Å²) in [5, 5.41) is 0. The predicted octanol–water partition coefficient (Wildman–Crippen LogP) is 4.99. The first-order valence-corrected chi connectivity index (χ1v) is 12.8. The highest BCUT2D eigenvalue weighted by atomic mass is 32.2. The zero-order valence-corrected chi connectivity index (χ0v) is 21.1. The molecule has 1 N–H and O–H groups in total. The lowest BCUT2D eigenvalue weighted by Crippen LogP contribution is -2.42. The first kappa shape index (κ1) is 24.9. The van der Waals surface area contributed by atoms with Crippen molar-refractivity contribution in [2.45, 2.75) is 52.9 Å². The highest BCUT2D eigenvalue weighted by molar-refractivity contribution is 7.92. The van der Waals surface area contributed by atoms with Crippen molar-refractivity contribution in [3.05, 3.63) is 42.0 Å². The number of hydrogen-bond acceptors (Lipinski definition) is 5. The molecule has 1 amide bonds. The Bertz CT molecular complexity index is 1130. The van der Waals surface area contributed by atoms with Crippen LogP contribution in [-0.4, -0.2) is 34.1 Å². The van der Waals surface area contributed by atoms with Crippen LogP contribution in [-0.2, 0) is 14.8 Å². The Morgan fingerprint density at radius 3 is 2.55 bits per heavy atom. The Kier molecular flexibility index (Phi) is 7.26. The molecule has 0 atom stereocenters. The Hall–Kier alpha value is -2.74. The smallest absolute Gasteiger partial charge is 0.261 e. The van der Waals surface area contributed by atoms with Crippen molar-refractivity contribution in [3.8, 4) is 11.5 Å². The van der Waals surface area contributed by atoms with Crippen molar-refractivity contribution in [1.82, 2.24) is 0 Å². The third-order valence-electron chi connectivity index (χ3n) is 5.60. The normalized spacial score (nSPS) is 15.6. The molecule has 0 aromatic heterocycles.